The van der Waals surface area contributed by atoms with Crippen LogP contribution in [0.3, 0.4) is 0 Å². The molecule has 110 valence electrons. The van der Waals surface area contributed by atoms with E-state index in [4.69, 9.17) is 0 Å². The molecule has 1 aromatic rings. The molecule has 0 fully saturated rings. The summed E-state index contributed by atoms with van der Waals surface area (Å²) in [6.45, 7) is 4.87. The molecule has 0 aliphatic heterocycles. The molecule has 1 atom stereocenters. The minimum Gasteiger partial charge on any atom is -0.356 e. The van der Waals surface area contributed by atoms with Gasteiger partial charge in [-0.3, -0.25) is 4.79 Å². The fourth-order valence-corrected chi connectivity index (χ4v) is 3.44. The number of rotatable bonds is 4. The Morgan fingerprint density at radius 1 is 1.33 bits per heavy atom. The molecule has 0 aromatic heterocycles. The number of benzene rings is 1. The highest BCUT2D eigenvalue weighted by Crippen LogP contribution is 2.37. The van der Waals surface area contributed by atoms with Gasteiger partial charge in [-0.25, -0.2) is 0 Å². The molecule has 2 aliphatic rings. The smallest absolute Gasteiger partial charge is 0.219 e. The van der Waals surface area contributed by atoms with Crippen LogP contribution in [0.25, 0.3) is 5.57 Å². The highest BCUT2D eigenvalue weighted by Gasteiger charge is 2.24. The molecule has 1 amide bonds. The van der Waals surface area contributed by atoms with Gasteiger partial charge in [-0.2, -0.15) is 0 Å². The highest BCUT2D eigenvalue weighted by molar-refractivity contribution is 5.82. The van der Waals surface area contributed by atoms with Crippen molar-refractivity contribution in [2.75, 3.05) is 6.54 Å². The average molecular weight is 281 g/mol. The second-order valence-electron chi connectivity index (χ2n) is 5.94. The van der Waals surface area contributed by atoms with Crippen molar-refractivity contribution in [3.63, 3.8) is 0 Å². The van der Waals surface area contributed by atoms with Crippen LogP contribution in [0.1, 0.15) is 42.5 Å². The lowest BCUT2D eigenvalue weighted by atomic mass is 9.77. The quantitative estimate of drug-likeness (QED) is 0.900. The molecule has 1 N–H and O–H groups in total. The fraction of sp³-hybridized carbons (Fsp3) is 0.421. The number of carbonyl (C=O) groups excluding carboxylic acids is 1. The molecule has 1 unspecified atom stereocenters. The van der Waals surface area contributed by atoms with Crippen LogP contribution in [0.4, 0.5) is 0 Å². The maximum atomic E-state index is 11.5. The molecule has 0 bridgehead atoms. The Morgan fingerprint density at radius 3 is 2.95 bits per heavy atom. The second kappa shape index (κ2) is 5.88. The van der Waals surface area contributed by atoms with Crippen LogP contribution in [0.2, 0.25) is 0 Å². The van der Waals surface area contributed by atoms with Crippen LogP contribution in [0.15, 0.2) is 30.4 Å². The Bertz CT molecular complexity index is 625. The maximum absolute atomic E-state index is 11.5. The molecular formula is C19H23NO. The van der Waals surface area contributed by atoms with E-state index in [0.717, 1.165) is 25.8 Å². The van der Waals surface area contributed by atoms with Crippen LogP contribution in [-0.4, -0.2) is 12.5 Å². The van der Waals surface area contributed by atoms with Crippen LogP contribution in [0.5, 0.6) is 0 Å². The summed E-state index contributed by atoms with van der Waals surface area (Å²) < 4.78 is 0. The van der Waals surface area contributed by atoms with E-state index in [9.17, 15) is 4.79 Å². The summed E-state index contributed by atoms with van der Waals surface area (Å²) >= 11 is 0. The first kappa shape index (κ1) is 14.1. The van der Waals surface area contributed by atoms with Crippen molar-refractivity contribution in [2.45, 2.75) is 39.5 Å². The van der Waals surface area contributed by atoms with Crippen LogP contribution in [0, 0.1) is 5.92 Å². The van der Waals surface area contributed by atoms with Crippen molar-refractivity contribution in [1.82, 2.24) is 5.32 Å². The number of hydrogen-bond donors (Lipinski definition) is 1. The first-order valence-electron chi connectivity index (χ1n) is 8.02. The summed E-state index contributed by atoms with van der Waals surface area (Å²) in [6, 6.07) is 4.58. The molecule has 3 rings (SSSR count). The highest BCUT2D eigenvalue weighted by atomic mass is 16.1. The number of allylic oxidation sites excluding steroid dienone is 3. The van der Waals surface area contributed by atoms with Gasteiger partial charge in [0.2, 0.25) is 5.91 Å². The Labute approximate surface area is 126 Å². The third-order valence-corrected chi connectivity index (χ3v) is 4.57. The molecule has 0 saturated heterocycles. The van der Waals surface area contributed by atoms with E-state index in [1.807, 2.05) is 6.92 Å². The molecule has 2 aliphatic carbocycles. The van der Waals surface area contributed by atoms with Crippen molar-refractivity contribution in [1.29, 1.82) is 0 Å². The number of hydrogen-bond acceptors (Lipinski definition) is 1. The van der Waals surface area contributed by atoms with Gasteiger partial charge in [-0.1, -0.05) is 44.2 Å². The lowest BCUT2D eigenvalue weighted by Crippen LogP contribution is -2.30. The largest absolute Gasteiger partial charge is 0.356 e. The first-order chi connectivity index (χ1) is 10.2. The van der Waals surface area contributed by atoms with E-state index in [2.05, 4.69) is 42.6 Å². The second-order valence-corrected chi connectivity index (χ2v) is 5.94. The molecule has 0 spiro atoms. The van der Waals surface area contributed by atoms with E-state index < -0.39 is 0 Å². The Balaban J connectivity index is 1.92. The van der Waals surface area contributed by atoms with E-state index in [1.54, 1.807) is 0 Å². The van der Waals surface area contributed by atoms with E-state index in [1.165, 1.54) is 27.8 Å². The molecule has 2 heteroatoms. The van der Waals surface area contributed by atoms with Crippen molar-refractivity contribution in [3.05, 3.63) is 52.6 Å². The zero-order valence-electron chi connectivity index (χ0n) is 12.9. The van der Waals surface area contributed by atoms with Gasteiger partial charge in [-0.15, -0.1) is 0 Å². The third kappa shape index (κ3) is 2.67. The average Bonchev–Trinajstić information content (AvgIpc) is 2.53. The molecule has 0 heterocycles. The lowest BCUT2D eigenvalue weighted by Gasteiger charge is -2.29. The predicted molar refractivity (Wildman–Crippen MR) is 87.1 cm³/mol. The van der Waals surface area contributed by atoms with Gasteiger partial charge in [0.1, 0.15) is 0 Å². The Hall–Kier alpha value is -1.83. The number of aryl methyl sites for hydroxylation is 1. The summed E-state index contributed by atoms with van der Waals surface area (Å²) in [6.07, 6.45) is 10.6. The van der Waals surface area contributed by atoms with Gasteiger partial charge in [0.15, 0.2) is 0 Å². The zero-order valence-corrected chi connectivity index (χ0v) is 12.9. The van der Waals surface area contributed by atoms with Gasteiger partial charge in [0.05, 0.1) is 0 Å². The van der Waals surface area contributed by atoms with Gasteiger partial charge >= 0.3 is 0 Å². The summed E-state index contributed by atoms with van der Waals surface area (Å²) in [4.78, 5) is 11.5. The fourth-order valence-electron chi connectivity index (χ4n) is 3.44. The molecule has 2 nitrogen and oxygen atoms in total. The third-order valence-electron chi connectivity index (χ3n) is 4.57. The standard InChI is InChI=1S/C19H23NO/c1-3-14-8-9-15-6-5-7-16-10-13(11-17(14)19(15)16)12-20-18(21)4-2/h5,7-10,13H,3-4,6,11-12H2,1-2H3,(H,20,21). The van der Waals surface area contributed by atoms with Crippen molar-refractivity contribution in [3.8, 4) is 0 Å². The topological polar surface area (TPSA) is 29.1 Å². The number of nitrogens with one attached hydrogen (secondary N) is 1. The maximum Gasteiger partial charge on any atom is 0.219 e. The monoisotopic (exact) mass is 281 g/mol. The molecule has 21 heavy (non-hydrogen) atoms. The SMILES string of the molecule is CCC(=O)NCC1C=C2C=CCc3ccc(CC)c(c32)C1. The van der Waals surface area contributed by atoms with E-state index >= 15 is 0 Å². The predicted octanol–water partition coefficient (Wildman–Crippen LogP) is 3.44. The lowest BCUT2D eigenvalue weighted by molar-refractivity contribution is -0.120. The first-order valence-corrected chi connectivity index (χ1v) is 8.02. The van der Waals surface area contributed by atoms with Gasteiger partial charge in [0.25, 0.3) is 0 Å². The van der Waals surface area contributed by atoms with Gasteiger partial charge < -0.3 is 5.32 Å². The molecular weight excluding hydrogens is 258 g/mol. The van der Waals surface area contributed by atoms with Crippen molar-refractivity contribution in [2.24, 2.45) is 5.92 Å². The van der Waals surface area contributed by atoms with E-state index in [0.29, 0.717) is 12.3 Å². The normalized spacial score (nSPS) is 19.0. The summed E-state index contributed by atoms with van der Waals surface area (Å²) in [5.41, 5.74) is 7.24. The molecule has 1 aromatic carbocycles. The Kier molecular flexibility index (Phi) is 3.96. The van der Waals surface area contributed by atoms with Crippen molar-refractivity contribution >= 4 is 11.5 Å². The molecule has 0 radical (unpaired) electrons. The summed E-state index contributed by atoms with van der Waals surface area (Å²) in [7, 11) is 0. The summed E-state index contributed by atoms with van der Waals surface area (Å²) in [5, 5.41) is 3.04. The molecule has 0 saturated carbocycles. The van der Waals surface area contributed by atoms with Gasteiger partial charge in [-0.05, 0) is 53.0 Å². The summed E-state index contributed by atoms with van der Waals surface area (Å²) in [5.74, 6) is 0.550. The number of carbonyl (C=O) groups is 1. The Morgan fingerprint density at radius 2 is 2.19 bits per heavy atom. The minimum atomic E-state index is 0.142. The zero-order chi connectivity index (χ0) is 14.8. The number of amides is 1. The van der Waals surface area contributed by atoms with Crippen LogP contribution < -0.4 is 5.32 Å². The van der Waals surface area contributed by atoms with Gasteiger partial charge in [0, 0.05) is 13.0 Å². The minimum absolute atomic E-state index is 0.142. The van der Waals surface area contributed by atoms with Crippen LogP contribution >= 0.6 is 0 Å². The van der Waals surface area contributed by atoms with Crippen LogP contribution in [-0.2, 0) is 24.1 Å². The van der Waals surface area contributed by atoms with E-state index in [-0.39, 0.29) is 5.91 Å². The van der Waals surface area contributed by atoms with Crippen molar-refractivity contribution < 1.29 is 4.79 Å².